The van der Waals surface area contributed by atoms with E-state index in [-0.39, 0.29) is 5.41 Å². The molecule has 2 N–H and O–H groups in total. The third-order valence-electron chi connectivity index (χ3n) is 2.13. The lowest BCUT2D eigenvalue weighted by Crippen LogP contribution is -2.10. The Morgan fingerprint density at radius 1 is 1.50 bits per heavy atom. The lowest BCUT2D eigenvalue weighted by molar-refractivity contribution is 0.402. The number of rotatable bonds is 3. The molecule has 16 heavy (non-hydrogen) atoms. The normalized spacial score (nSPS) is 11.4. The fraction of sp³-hybridized carbons (Fsp3) is 0.636. The molecule has 0 amide bonds. The van der Waals surface area contributed by atoms with Gasteiger partial charge in [0.2, 0.25) is 0 Å². The number of hydrogen-bond acceptors (Lipinski definition) is 3. The van der Waals surface area contributed by atoms with Crippen molar-refractivity contribution in [1.29, 1.82) is 5.26 Å². The third-order valence-corrected chi connectivity index (χ3v) is 2.99. The van der Waals surface area contributed by atoms with Gasteiger partial charge < -0.3 is 5.73 Å². The predicted molar refractivity (Wildman–Crippen MR) is 67.7 cm³/mol. The van der Waals surface area contributed by atoms with E-state index in [2.05, 4.69) is 47.9 Å². The molecular formula is C11H17BrN4. The minimum Gasteiger partial charge on any atom is -0.383 e. The Hall–Kier alpha value is -1.02. The summed E-state index contributed by atoms with van der Waals surface area (Å²) in [5.41, 5.74) is 7.04. The first-order chi connectivity index (χ1) is 7.35. The van der Waals surface area contributed by atoms with Crippen molar-refractivity contribution in [3.05, 3.63) is 10.2 Å². The largest absolute Gasteiger partial charge is 0.383 e. The van der Waals surface area contributed by atoms with E-state index < -0.39 is 0 Å². The van der Waals surface area contributed by atoms with Gasteiger partial charge in [-0.2, -0.15) is 10.4 Å². The molecule has 1 aromatic rings. The van der Waals surface area contributed by atoms with Gasteiger partial charge in [0, 0.05) is 0 Å². The van der Waals surface area contributed by atoms with Crippen LogP contribution in [0, 0.1) is 16.7 Å². The van der Waals surface area contributed by atoms with Gasteiger partial charge in [0.05, 0.1) is 29.2 Å². The molecule has 0 fully saturated rings. The standard InChI is InChI=1S/C11H17BrN4/c1-11(2,3)7-8-9(12)10(14)16(15-8)6-4-5-13/h4,6-7,14H2,1-3H3. The molecular weight excluding hydrogens is 268 g/mol. The fourth-order valence-corrected chi connectivity index (χ4v) is 1.87. The Morgan fingerprint density at radius 3 is 2.62 bits per heavy atom. The topological polar surface area (TPSA) is 67.6 Å². The monoisotopic (exact) mass is 284 g/mol. The molecule has 0 bridgehead atoms. The van der Waals surface area contributed by atoms with E-state index >= 15 is 0 Å². The van der Waals surface area contributed by atoms with Crippen LogP contribution in [-0.4, -0.2) is 9.78 Å². The van der Waals surface area contributed by atoms with Crippen molar-refractivity contribution in [2.24, 2.45) is 5.41 Å². The molecule has 0 aromatic carbocycles. The number of hydrogen-bond donors (Lipinski definition) is 1. The van der Waals surface area contributed by atoms with Gasteiger partial charge in [-0.3, -0.25) is 0 Å². The maximum absolute atomic E-state index is 8.54. The molecule has 0 saturated carbocycles. The molecule has 0 saturated heterocycles. The van der Waals surface area contributed by atoms with Gasteiger partial charge in [-0.15, -0.1) is 0 Å². The summed E-state index contributed by atoms with van der Waals surface area (Å²) in [4.78, 5) is 0. The SMILES string of the molecule is CC(C)(C)Cc1nn(CCC#N)c(N)c1Br. The molecule has 1 heterocycles. The number of aromatic nitrogens is 2. The molecule has 0 atom stereocenters. The van der Waals surface area contributed by atoms with Crippen molar-refractivity contribution in [1.82, 2.24) is 9.78 Å². The summed E-state index contributed by atoms with van der Waals surface area (Å²) in [5, 5.41) is 13.0. The number of nitrogens with two attached hydrogens (primary N) is 1. The lowest BCUT2D eigenvalue weighted by atomic mass is 9.91. The Morgan fingerprint density at radius 2 is 2.12 bits per heavy atom. The fourth-order valence-electron chi connectivity index (χ4n) is 1.45. The van der Waals surface area contributed by atoms with Gasteiger partial charge >= 0.3 is 0 Å². The van der Waals surface area contributed by atoms with Gasteiger partial charge in [-0.1, -0.05) is 20.8 Å². The zero-order chi connectivity index (χ0) is 12.3. The van der Waals surface area contributed by atoms with E-state index in [0.717, 1.165) is 16.6 Å². The summed E-state index contributed by atoms with van der Waals surface area (Å²) in [6, 6.07) is 2.09. The average Bonchev–Trinajstić information content (AvgIpc) is 2.41. The number of anilines is 1. The van der Waals surface area contributed by atoms with E-state index in [0.29, 0.717) is 18.8 Å². The summed E-state index contributed by atoms with van der Waals surface area (Å²) in [6.45, 7) is 7.02. The van der Waals surface area contributed by atoms with Gasteiger partial charge in [-0.25, -0.2) is 4.68 Å². The molecule has 0 aliphatic carbocycles. The van der Waals surface area contributed by atoms with E-state index in [9.17, 15) is 0 Å². The van der Waals surface area contributed by atoms with Crippen LogP contribution >= 0.6 is 15.9 Å². The van der Waals surface area contributed by atoms with Crippen LogP contribution in [0.5, 0.6) is 0 Å². The van der Waals surface area contributed by atoms with Crippen LogP contribution in [0.2, 0.25) is 0 Å². The van der Waals surface area contributed by atoms with Gasteiger partial charge in [0.15, 0.2) is 0 Å². The second kappa shape index (κ2) is 4.88. The molecule has 88 valence electrons. The van der Waals surface area contributed by atoms with Crippen molar-refractivity contribution in [2.45, 2.75) is 40.2 Å². The molecule has 0 aliphatic heterocycles. The zero-order valence-electron chi connectivity index (χ0n) is 9.92. The zero-order valence-corrected chi connectivity index (χ0v) is 11.5. The second-order valence-electron chi connectivity index (χ2n) is 5.01. The first kappa shape index (κ1) is 13.0. The molecule has 1 aromatic heterocycles. The highest BCUT2D eigenvalue weighted by molar-refractivity contribution is 9.10. The van der Waals surface area contributed by atoms with E-state index in [4.69, 9.17) is 11.0 Å². The van der Waals surface area contributed by atoms with E-state index in [1.54, 1.807) is 4.68 Å². The molecule has 5 heteroatoms. The van der Waals surface area contributed by atoms with E-state index in [1.165, 1.54) is 0 Å². The molecule has 4 nitrogen and oxygen atoms in total. The lowest BCUT2D eigenvalue weighted by Gasteiger charge is -2.16. The van der Waals surface area contributed by atoms with Crippen molar-refractivity contribution < 1.29 is 0 Å². The molecule has 0 spiro atoms. The molecule has 0 aliphatic rings. The van der Waals surface area contributed by atoms with Crippen molar-refractivity contribution >= 4 is 21.7 Å². The highest BCUT2D eigenvalue weighted by Gasteiger charge is 2.19. The summed E-state index contributed by atoms with van der Waals surface area (Å²) >= 11 is 3.45. The van der Waals surface area contributed by atoms with Crippen LogP contribution in [0.1, 0.15) is 32.9 Å². The molecule has 1 rings (SSSR count). The average molecular weight is 285 g/mol. The summed E-state index contributed by atoms with van der Waals surface area (Å²) in [5.74, 6) is 0.606. The van der Waals surface area contributed by atoms with Gasteiger partial charge in [0.1, 0.15) is 5.82 Å². The Labute approximate surface area is 105 Å². The molecule has 0 radical (unpaired) electrons. The quantitative estimate of drug-likeness (QED) is 0.928. The maximum Gasteiger partial charge on any atom is 0.136 e. The number of halogens is 1. The minimum absolute atomic E-state index is 0.170. The van der Waals surface area contributed by atoms with Crippen molar-refractivity contribution in [3.8, 4) is 6.07 Å². The Kier molecular flexibility index (Phi) is 3.98. The number of nitrogen functional groups attached to an aromatic ring is 1. The Bertz CT molecular complexity index is 409. The second-order valence-corrected chi connectivity index (χ2v) is 5.81. The van der Waals surface area contributed by atoms with Crippen LogP contribution in [-0.2, 0) is 13.0 Å². The van der Waals surface area contributed by atoms with Crippen LogP contribution in [0.3, 0.4) is 0 Å². The van der Waals surface area contributed by atoms with Crippen LogP contribution in [0.4, 0.5) is 5.82 Å². The highest BCUT2D eigenvalue weighted by atomic mass is 79.9. The smallest absolute Gasteiger partial charge is 0.136 e. The number of aryl methyl sites for hydroxylation is 1. The van der Waals surface area contributed by atoms with Gasteiger partial charge in [0.25, 0.3) is 0 Å². The Balaban J connectivity index is 2.92. The predicted octanol–water partition coefficient (Wildman–Crippen LogP) is 2.73. The first-order valence-electron chi connectivity index (χ1n) is 5.23. The van der Waals surface area contributed by atoms with Crippen LogP contribution < -0.4 is 5.73 Å². The van der Waals surface area contributed by atoms with Crippen molar-refractivity contribution in [2.75, 3.05) is 5.73 Å². The first-order valence-corrected chi connectivity index (χ1v) is 6.02. The van der Waals surface area contributed by atoms with E-state index in [1.807, 2.05) is 0 Å². The minimum atomic E-state index is 0.170. The summed E-state index contributed by atoms with van der Waals surface area (Å²) in [7, 11) is 0. The summed E-state index contributed by atoms with van der Waals surface area (Å²) < 4.78 is 2.55. The van der Waals surface area contributed by atoms with Gasteiger partial charge in [-0.05, 0) is 27.8 Å². The highest BCUT2D eigenvalue weighted by Crippen LogP contribution is 2.29. The van der Waals surface area contributed by atoms with Crippen molar-refractivity contribution in [3.63, 3.8) is 0 Å². The van der Waals surface area contributed by atoms with Crippen LogP contribution in [0.15, 0.2) is 4.47 Å². The number of nitriles is 1. The maximum atomic E-state index is 8.54. The van der Waals surface area contributed by atoms with Crippen LogP contribution in [0.25, 0.3) is 0 Å². The number of nitrogens with zero attached hydrogens (tertiary/aromatic N) is 3. The summed E-state index contributed by atoms with van der Waals surface area (Å²) in [6.07, 6.45) is 1.28. The molecule has 0 unspecified atom stereocenters. The third kappa shape index (κ3) is 3.24.